The Morgan fingerprint density at radius 1 is 1.24 bits per heavy atom. The maximum atomic E-state index is 11.7. The lowest BCUT2D eigenvalue weighted by Gasteiger charge is -2.19. The fourth-order valence-corrected chi connectivity index (χ4v) is 1.98. The van der Waals surface area contributed by atoms with Crippen LogP contribution in [0.1, 0.15) is 12.0 Å². The van der Waals surface area contributed by atoms with Crippen molar-refractivity contribution in [1.29, 1.82) is 0 Å². The van der Waals surface area contributed by atoms with Crippen molar-refractivity contribution in [2.75, 3.05) is 13.1 Å². The number of carbonyl (C=O) groups excluding carboxylic acids is 2. The van der Waals surface area contributed by atoms with Gasteiger partial charge in [0.1, 0.15) is 0 Å². The van der Waals surface area contributed by atoms with Gasteiger partial charge in [0.05, 0.1) is 6.54 Å². The highest BCUT2D eigenvalue weighted by atomic mass is 79.9. The first kappa shape index (κ1) is 12.1. The zero-order chi connectivity index (χ0) is 12.3. The van der Waals surface area contributed by atoms with Crippen LogP contribution in [-0.4, -0.2) is 29.8 Å². The third-order valence-corrected chi connectivity index (χ3v) is 3.21. The second-order valence-corrected chi connectivity index (χ2v) is 4.88. The van der Waals surface area contributed by atoms with Crippen LogP contribution in [0.3, 0.4) is 0 Å². The zero-order valence-electron chi connectivity index (χ0n) is 9.28. The molecule has 4 nitrogen and oxygen atoms in total. The minimum atomic E-state index is -0.0587. The van der Waals surface area contributed by atoms with Crippen molar-refractivity contribution in [3.8, 4) is 0 Å². The smallest absolute Gasteiger partial charge is 0.242 e. The van der Waals surface area contributed by atoms with E-state index in [-0.39, 0.29) is 18.4 Å². The molecule has 0 radical (unpaired) electrons. The number of carbonyl (C=O) groups is 2. The van der Waals surface area contributed by atoms with Crippen LogP contribution in [0.2, 0.25) is 0 Å². The summed E-state index contributed by atoms with van der Waals surface area (Å²) < 4.78 is 1.01. The average molecular weight is 297 g/mol. The first-order valence-corrected chi connectivity index (χ1v) is 6.23. The molecule has 1 N–H and O–H groups in total. The Bertz CT molecular complexity index is 431. The fraction of sp³-hybridized carbons (Fsp3) is 0.333. The Balaban J connectivity index is 2.04. The van der Waals surface area contributed by atoms with Gasteiger partial charge in [-0.1, -0.05) is 28.1 Å². The molecule has 1 aliphatic rings. The van der Waals surface area contributed by atoms with E-state index in [1.54, 1.807) is 4.90 Å². The van der Waals surface area contributed by atoms with Crippen molar-refractivity contribution >= 4 is 27.7 Å². The van der Waals surface area contributed by atoms with E-state index in [1.165, 1.54) is 0 Å². The molecule has 0 atom stereocenters. The summed E-state index contributed by atoms with van der Waals surface area (Å²) in [6.07, 6.45) is 0.377. The summed E-state index contributed by atoms with van der Waals surface area (Å²) in [5.74, 6) is -0.0876. The van der Waals surface area contributed by atoms with Crippen LogP contribution in [0.4, 0.5) is 0 Å². The highest BCUT2D eigenvalue weighted by Gasteiger charge is 2.19. The Hall–Kier alpha value is -1.36. The molecule has 1 aromatic carbocycles. The summed E-state index contributed by atoms with van der Waals surface area (Å²) >= 11 is 3.37. The van der Waals surface area contributed by atoms with Gasteiger partial charge in [0.2, 0.25) is 11.8 Å². The predicted octanol–water partition coefficient (Wildman–Crippen LogP) is 1.30. The molecule has 2 amide bonds. The van der Waals surface area contributed by atoms with Gasteiger partial charge in [0.25, 0.3) is 0 Å². The van der Waals surface area contributed by atoms with Crippen LogP contribution >= 0.6 is 15.9 Å². The molecule has 1 fully saturated rings. The van der Waals surface area contributed by atoms with Gasteiger partial charge in [0, 0.05) is 24.0 Å². The number of nitrogens with zero attached hydrogens (tertiary/aromatic N) is 1. The summed E-state index contributed by atoms with van der Waals surface area (Å²) in [5.41, 5.74) is 1.07. The molecule has 0 aliphatic carbocycles. The van der Waals surface area contributed by atoms with Gasteiger partial charge in [-0.3, -0.25) is 9.59 Å². The monoisotopic (exact) mass is 296 g/mol. The highest BCUT2D eigenvalue weighted by Crippen LogP contribution is 2.13. The quantitative estimate of drug-likeness (QED) is 0.894. The Kier molecular flexibility index (Phi) is 3.78. The summed E-state index contributed by atoms with van der Waals surface area (Å²) in [4.78, 5) is 24.6. The largest absolute Gasteiger partial charge is 0.347 e. The lowest BCUT2D eigenvalue weighted by Crippen LogP contribution is -2.34. The molecule has 1 aromatic rings. The second kappa shape index (κ2) is 5.31. The van der Waals surface area contributed by atoms with Crippen molar-refractivity contribution < 1.29 is 9.59 Å². The van der Waals surface area contributed by atoms with Crippen LogP contribution in [0, 0.1) is 0 Å². The van der Waals surface area contributed by atoms with Crippen LogP contribution in [-0.2, 0) is 16.1 Å². The SMILES string of the molecule is O=C1CCN(Cc2ccc(Br)cc2)C(=O)CN1. The van der Waals surface area contributed by atoms with Gasteiger partial charge in [-0.25, -0.2) is 0 Å². The van der Waals surface area contributed by atoms with Crippen LogP contribution in [0.25, 0.3) is 0 Å². The normalized spacial score (nSPS) is 16.6. The van der Waals surface area contributed by atoms with Crippen molar-refractivity contribution in [3.05, 3.63) is 34.3 Å². The molecule has 17 heavy (non-hydrogen) atoms. The second-order valence-electron chi connectivity index (χ2n) is 3.97. The third-order valence-electron chi connectivity index (χ3n) is 2.68. The Labute approximate surface area is 108 Å². The van der Waals surface area contributed by atoms with Crippen LogP contribution < -0.4 is 5.32 Å². The van der Waals surface area contributed by atoms with Gasteiger partial charge in [-0.2, -0.15) is 0 Å². The number of nitrogens with one attached hydrogen (secondary N) is 1. The predicted molar refractivity (Wildman–Crippen MR) is 67.2 cm³/mol. The van der Waals surface area contributed by atoms with E-state index in [1.807, 2.05) is 24.3 Å². The molecule has 5 heteroatoms. The molecule has 1 saturated heterocycles. The summed E-state index contributed by atoms with van der Waals surface area (Å²) in [7, 11) is 0. The molecule has 1 heterocycles. The molecule has 0 unspecified atom stereocenters. The van der Waals surface area contributed by atoms with Crippen molar-refractivity contribution in [3.63, 3.8) is 0 Å². The molecule has 90 valence electrons. The van der Waals surface area contributed by atoms with E-state index in [2.05, 4.69) is 21.2 Å². The number of benzene rings is 1. The third kappa shape index (κ3) is 3.30. The van der Waals surface area contributed by atoms with Gasteiger partial charge in [-0.15, -0.1) is 0 Å². The van der Waals surface area contributed by atoms with E-state index in [9.17, 15) is 9.59 Å². The zero-order valence-corrected chi connectivity index (χ0v) is 10.9. The van der Waals surface area contributed by atoms with Crippen molar-refractivity contribution in [2.24, 2.45) is 0 Å². The van der Waals surface area contributed by atoms with Crippen LogP contribution in [0.15, 0.2) is 28.7 Å². The van der Waals surface area contributed by atoms with Gasteiger partial charge >= 0.3 is 0 Å². The molecule has 2 rings (SSSR count). The van der Waals surface area contributed by atoms with Gasteiger partial charge < -0.3 is 10.2 Å². The maximum Gasteiger partial charge on any atom is 0.242 e. The summed E-state index contributed by atoms with van der Waals surface area (Å²) in [6.45, 7) is 1.15. The minimum Gasteiger partial charge on any atom is -0.347 e. The molecular weight excluding hydrogens is 284 g/mol. The van der Waals surface area contributed by atoms with Gasteiger partial charge in [-0.05, 0) is 17.7 Å². The first-order valence-electron chi connectivity index (χ1n) is 5.44. The molecule has 0 saturated carbocycles. The van der Waals surface area contributed by atoms with E-state index in [0.29, 0.717) is 19.5 Å². The standard InChI is InChI=1S/C12H13BrN2O2/c13-10-3-1-9(2-4-10)8-15-6-5-11(16)14-7-12(15)17/h1-4H,5-8H2,(H,14,16). The van der Waals surface area contributed by atoms with Crippen molar-refractivity contribution in [1.82, 2.24) is 10.2 Å². The lowest BCUT2D eigenvalue weighted by molar-refractivity contribution is -0.130. The molecular formula is C12H13BrN2O2. The molecule has 0 aromatic heterocycles. The van der Waals surface area contributed by atoms with E-state index < -0.39 is 0 Å². The van der Waals surface area contributed by atoms with Crippen LogP contribution in [0.5, 0.6) is 0 Å². The van der Waals surface area contributed by atoms with E-state index in [0.717, 1.165) is 10.0 Å². The Morgan fingerprint density at radius 3 is 2.65 bits per heavy atom. The number of hydrogen-bond acceptors (Lipinski definition) is 2. The molecule has 1 aliphatic heterocycles. The first-order chi connectivity index (χ1) is 8.15. The average Bonchev–Trinajstić information content (AvgIpc) is 2.47. The maximum absolute atomic E-state index is 11.7. The Morgan fingerprint density at radius 2 is 1.94 bits per heavy atom. The highest BCUT2D eigenvalue weighted by molar-refractivity contribution is 9.10. The van der Waals surface area contributed by atoms with Crippen molar-refractivity contribution in [2.45, 2.75) is 13.0 Å². The minimum absolute atomic E-state index is 0.0289. The summed E-state index contributed by atoms with van der Waals surface area (Å²) in [6, 6.07) is 7.83. The number of rotatable bonds is 2. The van der Waals surface area contributed by atoms with E-state index >= 15 is 0 Å². The molecule has 0 bridgehead atoms. The fourth-order valence-electron chi connectivity index (χ4n) is 1.71. The number of amides is 2. The summed E-state index contributed by atoms with van der Waals surface area (Å²) in [5, 5.41) is 2.58. The number of halogens is 1. The topological polar surface area (TPSA) is 49.4 Å². The molecule has 0 spiro atoms. The lowest BCUT2D eigenvalue weighted by atomic mass is 10.2. The number of hydrogen-bond donors (Lipinski definition) is 1. The van der Waals surface area contributed by atoms with E-state index in [4.69, 9.17) is 0 Å². The van der Waals surface area contributed by atoms with Gasteiger partial charge in [0.15, 0.2) is 0 Å².